The van der Waals surface area contributed by atoms with Crippen LogP contribution in [0.25, 0.3) is 11.1 Å². The number of Topliss-reactive ketones (excluding diaryl/α,β-unsaturated/α-hetero) is 1. The molecule has 1 aliphatic heterocycles. The zero-order chi connectivity index (χ0) is 29.5. The van der Waals surface area contributed by atoms with E-state index in [2.05, 4.69) is 9.88 Å². The number of aromatic nitrogens is 2. The van der Waals surface area contributed by atoms with Gasteiger partial charge < -0.3 is 14.4 Å². The predicted molar refractivity (Wildman–Crippen MR) is 159 cm³/mol. The number of aliphatic carboxylic acids is 1. The van der Waals surface area contributed by atoms with Crippen LogP contribution in [0.3, 0.4) is 0 Å². The Kier molecular flexibility index (Phi) is 10.2. The summed E-state index contributed by atoms with van der Waals surface area (Å²) in [5.74, 6) is -1.54. The number of carboxylic acids is 1. The number of ketones is 1. The van der Waals surface area contributed by atoms with Crippen LogP contribution in [0.15, 0.2) is 59.8 Å². The molecule has 2 aromatic heterocycles. The number of pyridine rings is 2. The van der Waals surface area contributed by atoms with Gasteiger partial charge in [0.25, 0.3) is 5.56 Å². The number of aryl methyl sites for hydroxylation is 2. The maximum atomic E-state index is 14.0. The smallest absolute Gasteiger partial charge is 0.303 e. The van der Waals surface area contributed by atoms with E-state index in [1.165, 1.54) is 6.07 Å². The van der Waals surface area contributed by atoms with Crippen LogP contribution >= 0.6 is 0 Å². The summed E-state index contributed by atoms with van der Waals surface area (Å²) in [6.45, 7) is 11.8. The average molecular weight is 560 g/mol. The van der Waals surface area contributed by atoms with Gasteiger partial charge in [0.05, 0.1) is 25.7 Å². The van der Waals surface area contributed by atoms with Gasteiger partial charge in [-0.3, -0.25) is 24.3 Å². The van der Waals surface area contributed by atoms with Crippen molar-refractivity contribution < 1.29 is 19.4 Å². The molecule has 41 heavy (non-hydrogen) atoms. The van der Waals surface area contributed by atoms with E-state index in [1.54, 1.807) is 23.2 Å². The Hall–Kier alpha value is -3.62. The average Bonchev–Trinajstić information content (AvgIpc) is 2.93. The van der Waals surface area contributed by atoms with Gasteiger partial charge in [-0.1, -0.05) is 38.1 Å². The number of rotatable bonds is 12. The number of nitrogens with zero attached hydrogens (tertiary/aromatic N) is 3. The summed E-state index contributed by atoms with van der Waals surface area (Å²) in [6.07, 6.45) is 5.52. The molecule has 8 heteroatoms. The third-order valence-corrected chi connectivity index (χ3v) is 7.78. The van der Waals surface area contributed by atoms with Gasteiger partial charge in [-0.25, -0.2) is 0 Å². The Morgan fingerprint density at radius 2 is 1.73 bits per heavy atom. The quantitative estimate of drug-likeness (QED) is 0.327. The first-order chi connectivity index (χ1) is 19.6. The van der Waals surface area contributed by atoms with Gasteiger partial charge in [0.2, 0.25) is 0 Å². The van der Waals surface area contributed by atoms with Crippen molar-refractivity contribution in [3.8, 4) is 11.1 Å². The molecule has 0 amide bonds. The lowest BCUT2D eigenvalue weighted by Gasteiger charge is -2.27. The van der Waals surface area contributed by atoms with Gasteiger partial charge in [0.1, 0.15) is 0 Å². The molecule has 2 atom stereocenters. The maximum Gasteiger partial charge on any atom is 0.303 e. The first-order valence-corrected chi connectivity index (χ1v) is 14.4. The molecule has 4 rings (SSSR count). The molecule has 0 radical (unpaired) electrons. The molecule has 218 valence electrons. The van der Waals surface area contributed by atoms with Crippen molar-refractivity contribution in [1.29, 1.82) is 0 Å². The van der Waals surface area contributed by atoms with Gasteiger partial charge in [-0.05, 0) is 60.1 Å². The summed E-state index contributed by atoms with van der Waals surface area (Å²) in [5.41, 5.74) is 5.59. The fraction of sp³-hybridized carbons (Fsp3) is 0.455. The molecule has 1 aliphatic rings. The van der Waals surface area contributed by atoms with Crippen molar-refractivity contribution in [1.82, 2.24) is 14.5 Å². The topological polar surface area (TPSA) is 102 Å². The highest BCUT2D eigenvalue weighted by Crippen LogP contribution is 2.33. The van der Waals surface area contributed by atoms with Crippen molar-refractivity contribution in [2.75, 3.05) is 26.3 Å². The van der Waals surface area contributed by atoms with Crippen LogP contribution in [0.2, 0.25) is 0 Å². The molecule has 0 saturated carbocycles. The fourth-order valence-electron chi connectivity index (χ4n) is 5.74. The summed E-state index contributed by atoms with van der Waals surface area (Å²) in [6, 6.07) is 10.7. The molecule has 0 spiro atoms. The molecule has 3 heterocycles. The maximum absolute atomic E-state index is 14.0. The van der Waals surface area contributed by atoms with Crippen molar-refractivity contribution in [3.05, 3.63) is 87.6 Å². The number of hydrogen-bond acceptors (Lipinski definition) is 6. The Bertz CT molecular complexity index is 1400. The van der Waals surface area contributed by atoms with Crippen molar-refractivity contribution in [3.63, 3.8) is 0 Å². The van der Waals surface area contributed by atoms with Gasteiger partial charge in [0.15, 0.2) is 5.78 Å². The molecule has 0 aliphatic carbocycles. The van der Waals surface area contributed by atoms with Crippen LogP contribution in [-0.2, 0) is 20.9 Å². The molecular weight excluding hydrogens is 518 g/mol. The second-order valence-electron chi connectivity index (χ2n) is 11.6. The molecule has 1 unspecified atom stereocenters. The first kappa shape index (κ1) is 30.3. The number of carboxylic acid groups (broad SMARTS) is 1. The van der Waals surface area contributed by atoms with E-state index < -0.39 is 17.9 Å². The summed E-state index contributed by atoms with van der Waals surface area (Å²) >= 11 is 0. The lowest BCUT2D eigenvalue weighted by atomic mass is 9.86. The number of benzene rings is 1. The molecule has 1 N–H and O–H groups in total. The van der Waals surface area contributed by atoms with E-state index in [9.17, 15) is 19.5 Å². The minimum absolute atomic E-state index is 0.00169. The van der Waals surface area contributed by atoms with Crippen molar-refractivity contribution in [2.45, 2.75) is 65.5 Å². The fourth-order valence-corrected chi connectivity index (χ4v) is 5.74. The Morgan fingerprint density at radius 3 is 2.39 bits per heavy atom. The number of hydrogen-bond donors (Lipinski definition) is 1. The molecular formula is C33H41N3O5. The Labute approximate surface area is 242 Å². The van der Waals surface area contributed by atoms with Gasteiger partial charge in [0, 0.05) is 62.2 Å². The summed E-state index contributed by atoms with van der Waals surface area (Å²) in [7, 11) is 0. The number of carbonyl (C=O) groups is 2. The number of ether oxygens (including phenoxy) is 1. The first-order valence-electron chi connectivity index (χ1n) is 14.4. The highest BCUT2D eigenvalue weighted by atomic mass is 16.5. The molecule has 1 saturated heterocycles. The largest absolute Gasteiger partial charge is 0.481 e. The molecule has 8 nitrogen and oxygen atoms in total. The SMILES string of the molecule is Cc1cccc(C)c1-c1cncc([C@H](CC(=O)O)CC(=O)C(CC(C)C)n2cc(CN3CCOCC3)ccc2=O)c1. The highest BCUT2D eigenvalue weighted by molar-refractivity contribution is 5.84. The van der Waals surface area contributed by atoms with E-state index in [4.69, 9.17) is 4.74 Å². The molecule has 0 bridgehead atoms. The van der Waals surface area contributed by atoms with Gasteiger partial charge >= 0.3 is 5.97 Å². The molecule has 1 fully saturated rings. The Morgan fingerprint density at radius 1 is 1.02 bits per heavy atom. The van der Waals surface area contributed by atoms with Crippen LogP contribution in [0, 0.1) is 19.8 Å². The third kappa shape index (κ3) is 7.99. The van der Waals surface area contributed by atoms with E-state index >= 15 is 0 Å². The van der Waals surface area contributed by atoms with Crippen molar-refractivity contribution >= 4 is 11.8 Å². The van der Waals surface area contributed by atoms with Crippen LogP contribution in [0.1, 0.15) is 67.3 Å². The number of carbonyl (C=O) groups excluding carboxylic acids is 1. The minimum atomic E-state index is -0.981. The highest BCUT2D eigenvalue weighted by Gasteiger charge is 2.28. The zero-order valence-electron chi connectivity index (χ0n) is 24.5. The summed E-state index contributed by atoms with van der Waals surface area (Å²) in [4.78, 5) is 45.7. The second-order valence-corrected chi connectivity index (χ2v) is 11.6. The van der Waals surface area contributed by atoms with E-state index in [-0.39, 0.29) is 30.1 Å². The second kappa shape index (κ2) is 13.8. The van der Waals surface area contributed by atoms with Crippen molar-refractivity contribution in [2.24, 2.45) is 5.92 Å². The van der Waals surface area contributed by atoms with Crippen LogP contribution in [0.4, 0.5) is 0 Å². The molecule has 1 aromatic carbocycles. The normalized spacial score (nSPS) is 15.5. The standard InChI is InChI=1S/C33H41N3O5/c1-22(2)14-29(36-21-25(8-9-31(36)38)20-35-10-12-41-13-11-35)30(37)16-26(17-32(39)40)27-15-28(19-34-18-27)33-23(3)6-5-7-24(33)4/h5-9,15,18-19,21-22,26,29H,10-14,16-17,20H2,1-4H3,(H,39,40)/t26-,29?/m0/s1. The minimum Gasteiger partial charge on any atom is -0.481 e. The Balaban J connectivity index is 1.64. The van der Waals surface area contributed by atoms with Crippen LogP contribution in [-0.4, -0.2) is 57.6 Å². The number of morpholine rings is 1. The third-order valence-electron chi connectivity index (χ3n) is 7.78. The van der Waals surface area contributed by atoms with E-state index in [0.717, 1.165) is 40.9 Å². The summed E-state index contributed by atoms with van der Waals surface area (Å²) in [5, 5.41) is 9.77. The lowest BCUT2D eigenvalue weighted by molar-refractivity contribution is -0.137. The summed E-state index contributed by atoms with van der Waals surface area (Å²) < 4.78 is 7.01. The van der Waals surface area contributed by atoms with Gasteiger partial charge in [-0.15, -0.1) is 0 Å². The lowest BCUT2D eigenvalue weighted by Crippen LogP contribution is -2.36. The zero-order valence-corrected chi connectivity index (χ0v) is 24.5. The van der Waals surface area contributed by atoms with E-state index in [0.29, 0.717) is 31.7 Å². The monoisotopic (exact) mass is 559 g/mol. The van der Waals surface area contributed by atoms with Gasteiger partial charge in [-0.2, -0.15) is 0 Å². The van der Waals surface area contributed by atoms with E-state index in [1.807, 2.05) is 58.0 Å². The van der Waals surface area contributed by atoms with Crippen LogP contribution < -0.4 is 5.56 Å². The molecule has 3 aromatic rings. The van der Waals surface area contributed by atoms with Crippen LogP contribution in [0.5, 0.6) is 0 Å². The predicted octanol–water partition coefficient (Wildman–Crippen LogP) is 5.16.